The van der Waals surface area contributed by atoms with Crippen LogP contribution in [0.5, 0.6) is 11.5 Å². The molecule has 1 aromatic rings. The Hall–Kier alpha value is -1.48. The highest BCUT2D eigenvalue weighted by molar-refractivity contribution is 5.46. The van der Waals surface area contributed by atoms with Gasteiger partial charge in [-0.15, -0.1) is 0 Å². The Morgan fingerprint density at radius 2 is 1.80 bits per heavy atom. The summed E-state index contributed by atoms with van der Waals surface area (Å²) in [4.78, 5) is 0. The first-order valence-corrected chi connectivity index (χ1v) is 7.34. The maximum Gasteiger partial charge on any atom is 0.161 e. The zero-order chi connectivity index (χ0) is 14.4. The number of nitrogens with one attached hydrogen (secondary N) is 1. The lowest BCUT2D eigenvalue weighted by Crippen LogP contribution is -2.36. The molecule has 0 heterocycles. The van der Waals surface area contributed by atoms with Crippen molar-refractivity contribution in [3.05, 3.63) is 35.9 Å². The molecule has 20 heavy (non-hydrogen) atoms. The highest BCUT2D eigenvalue weighted by atomic mass is 16.5. The first-order chi connectivity index (χ1) is 9.75. The van der Waals surface area contributed by atoms with E-state index in [1.165, 1.54) is 5.56 Å². The van der Waals surface area contributed by atoms with Crippen LogP contribution in [-0.2, 0) is 5.41 Å². The van der Waals surface area contributed by atoms with Crippen LogP contribution in [0.15, 0.2) is 30.4 Å². The van der Waals surface area contributed by atoms with E-state index in [4.69, 9.17) is 9.47 Å². The molecule has 0 aromatic heterocycles. The third-order valence-corrected chi connectivity index (χ3v) is 4.07. The average molecular weight is 275 g/mol. The van der Waals surface area contributed by atoms with Gasteiger partial charge in [0.25, 0.3) is 0 Å². The second kappa shape index (κ2) is 6.80. The van der Waals surface area contributed by atoms with Gasteiger partial charge in [0.15, 0.2) is 11.5 Å². The summed E-state index contributed by atoms with van der Waals surface area (Å²) in [6, 6.07) is 6.30. The Morgan fingerprint density at radius 1 is 1.10 bits per heavy atom. The lowest BCUT2D eigenvalue weighted by Gasteiger charge is -2.30. The van der Waals surface area contributed by atoms with Gasteiger partial charge in [-0.25, -0.2) is 0 Å². The predicted octanol–water partition coefficient (Wildman–Crippen LogP) is 3.29. The van der Waals surface area contributed by atoms with Gasteiger partial charge >= 0.3 is 0 Å². The largest absolute Gasteiger partial charge is 0.493 e. The number of ether oxygens (including phenoxy) is 2. The average Bonchev–Trinajstić information content (AvgIpc) is 2.97. The summed E-state index contributed by atoms with van der Waals surface area (Å²) in [5, 5.41) is 3.57. The monoisotopic (exact) mass is 275 g/mol. The fourth-order valence-electron chi connectivity index (χ4n) is 2.85. The van der Waals surface area contributed by atoms with E-state index < -0.39 is 0 Å². The van der Waals surface area contributed by atoms with Crippen molar-refractivity contribution in [3.8, 4) is 11.5 Å². The molecule has 0 amide bonds. The van der Waals surface area contributed by atoms with Crippen molar-refractivity contribution in [1.82, 2.24) is 5.32 Å². The van der Waals surface area contributed by atoms with E-state index in [9.17, 15) is 0 Å². The number of benzene rings is 1. The van der Waals surface area contributed by atoms with Gasteiger partial charge < -0.3 is 14.8 Å². The van der Waals surface area contributed by atoms with Crippen molar-refractivity contribution in [2.24, 2.45) is 0 Å². The van der Waals surface area contributed by atoms with Crippen LogP contribution in [0.1, 0.15) is 31.7 Å². The summed E-state index contributed by atoms with van der Waals surface area (Å²) in [7, 11) is 3.36. The quantitative estimate of drug-likeness (QED) is 0.612. The maximum absolute atomic E-state index is 5.44. The van der Waals surface area contributed by atoms with Gasteiger partial charge in [0, 0.05) is 12.0 Å². The molecule has 0 fully saturated rings. The van der Waals surface area contributed by atoms with Crippen molar-refractivity contribution in [2.45, 2.75) is 31.6 Å². The fourth-order valence-corrected chi connectivity index (χ4v) is 2.85. The second-order valence-electron chi connectivity index (χ2n) is 5.41. The van der Waals surface area contributed by atoms with Crippen molar-refractivity contribution >= 4 is 0 Å². The Labute approximate surface area is 122 Å². The zero-order valence-electron chi connectivity index (χ0n) is 12.7. The van der Waals surface area contributed by atoms with Crippen LogP contribution in [0.3, 0.4) is 0 Å². The Kier molecular flexibility index (Phi) is 5.07. The number of hydrogen-bond acceptors (Lipinski definition) is 3. The van der Waals surface area contributed by atoms with E-state index in [0.717, 1.165) is 43.9 Å². The molecule has 0 spiro atoms. The molecule has 0 unspecified atom stereocenters. The Bertz CT molecular complexity index is 460. The molecule has 2 rings (SSSR count). The topological polar surface area (TPSA) is 30.5 Å². The summed E-state index contributed by atoms with van der Waals surface area (Å²) in [6.45, 7) is 4.27. The lowest BCUT2D eigenvalue weighted by molar-refractivity contribution is 0.351. The van der Waals surface area contributed by atoms with E-state index in [1.807, 2.05) is 6.07 Å². The molecule has 0 saturated heterocycles. The van der Waals surface area contributed by atoms with Crippen molar-refractivity contribution in [3.63, 3.8) is 0 Å². The molecule has 0 saturated carbocycles. The summed E-state index contributed by atoms with van der Waals surface area (Å²) in [5.41, 5.74) is 1.48. The van der Waals surface area contributed by atoms with E-state index in [-0.39, 0.29) is 5.41 Å². The second-order valence-corrected chi connectivity index (χ2v) is 5.41. The van der Waals surface area contributed by atoms with Gasteiger partial charge in [0.05, 0.1) is 14.2 Å². The van der Waals surface area contributed by atoms with Crippen LogP contribution in [0, 0.1) is 0 Å². The van der Waals surface area contributed by atoms with E-state index in [1.54, 1.807) is 14.2 Å². The third-order valence-electron chi connectivity index (χ3n) is 4.07. The number of methoxy groups -OCH3 is 2. The molecular formula is C17H25NO2. The van der Waals surface area contributed by atoms with Crippen LogP contribution in [0.2, 0.25) is 0 Å². The molecule has 0 aliphatic heterocycles. The molecule has 0 radical (unpaired) electrons. The maximum atomic E-state index is 5.44. The predicted molar refractivity (Wildman–Crippen MR) is 82.8 cm³/mol. The van der Waals surface area contributed by atoms with E-state index >= 15 is 0 Å². The normalized spacial score (nSPS) is 16.4. The zero-order valence-corrected chi connectivity index (χ0v) is 12.7. The van der Waals surface area contributed by atoms with Crippen LogP contribution in [0.4, 0.5) is 0 Å². The van der Waals surface area contributed by atoms with Gasteiger partial charge in [-0.05, 0) is 43.5 Å². The first-order valence-electron chi connectivity index (χ1n) is 7.34. The molecule has 3 nitrogen and oxygen atoms in total. The number of hydrogen-bond donors (Lipinski definition) is 1. The van der Waals surface area contributed by atoms with Gasteiger partial charge in [-0.2, -0.15) is 0 Å². The SMILES string of the molecule is CCCNCC1(c2ccc(OC)c(OC)c2)CC=CC1. The standard InChI is InChI=1S/C17H25NO2/c1-4-11-18-13-17(9-5-6-10-17)14-7-8-15(19-2)16(12-14)20-3/h5-8,12,18H,4,9-11,13H2,1-3H3. The molecule has 1 aromatic carbocycles. The lowest BCUT2D eigenvalue weighted by atomic mass is 9.78. The smallest absolute Gasteiger partial charge is 0.161 e. The molecule has 110 valence electrons. The van der Waals surface area contributed by atoms with E-state index in [0.29, 0.717) is 0 Å². The van der Waals surface area contributed by atoms with Gasteiger partial charge in [0.1, 0.15) is 0 Å². The van der Waals surface area contributed by atoms with E-state index in [2.05, 4.69) is 36.5 Å². The van der Waals surface area contributed by atoms with Crippen LogP contribution < -0.4 is 14.8 Å². The van der Waals surface area contributed by atoms with Gasteiger partial charge in [-0.1, -0.05) is 25.1 Å². The summed E-state index contributed by atoms with van der Waals surface area (Å²) in [5.74, 6) is 1.60. The summed E-state index contributed by atoms with van der Waals surface area (Å²) >= 11 is 0. The minimum Gasteiger partial charge on any atom is -0.493 e. The first kappa shape index (κ1) is 14.9. The summed E-state index contributed by atoms with van der Waals surface area (Å²) < 4.78 is 10.8. The molecule has 3 heteroatoms. The number of allylic oxidation sites excluding steroid dienone is 2. The van der Waals surface area contributed by atoms with Crippen LogP contribution in [0.25, 0.3) is 0 Å². The molecule has 1 aliphatic rings. The van der Waals surface area contributed by atoms with Crippen molar-refractivity contribution in [1.29, 1.82) is 0 Å². The Balaban J connectivity index is 2.25. The molecule has 1 aliphatic carbocycles. The highest BCUT2D eigenvalue weighted by Gasteiger charge is 2.33. The van der Waals surface area contributed by atoms with Crippen LogP contribution in [-0.4, -0.2) is 27.3 Å². The molecular weight excluding hydrogens is 250 g/mol. The molecule has 0 atom stereocenters. The minimum absolute atomic E-state index is 0.161. The minimum atomic E-state index is 0.161. The fraction of sp³-hybridized carbons (Fsp3) is 0.529. The highest BCUT2D eigenvalue weighted by Crippen LogP contribution is 2.40. The third kappa shape index (κ3) is 2.98. The van der Waals surface area contributed by atoms with Gasteiger partial charge in [0.2, 0.25) is 0 Å². The van der Waals surface area contributed by atoms with Crippen LogP contribution >= 0.6 is 0 Å². The Morgan fingerprint density at radius 3 is 2.40 bits per heavy atom. The molecule has 0 bridgehead atoms. The number of rotatable bonds is 7. The summed E-state index contributed by atoms with van der Waals surface area (Å²) in [6.07, 6.45) is 7.89. The van der Waals surface area contributed by atoms with Gasteiger partial charge in [-0.3, -0.25) is 0 Å². The van der Waals surface area contributed by atoms with Crippen molar-refractivity contribution < 1.29 is 9.47 Å². The molecule has 1 N–H and O–H groups in total. The van der Waals surface area contributed by atoms with Crippen molar-refractivity contribution in [2.75, 3.05) is 27.3 Å².